The molecule has 5 heteroatoms. The zero-order valence-electron chi connectivity index (χ0n) is 29.9. The maximum atomic E-state index is 11.6. The molecule has 44 heavy (non-hydrogen) atoms. The molecule has 7 aliphatic rings. The Labute approximate surface area is 269 Å². The van der Waals surface area contributed by atoms with Crippen LogP contribution in [0.2, 0.25) is 0 Å². The molecular weight excluding hydrogens is 548 g/mol. The number of methoxy groups -OCH3 is 1. The Hall–Kier alpha value is -0.200. The van der Waals surface area contributed by atoms with Crippen molar-refractivity contribution in [1.29, 1.82) is 0 Å². The van der Waals surface area contributed by atoms with Crippen molar-refractivity contribution in [2.75, 3.05) is 7.11 Å². The van der Waals surface area contributed by atoms with Crippen LogP contribution in [0.25, 0.3) is 0 Å². The first kappa shape index (κ1) is 32.4. The molecule has 5 saturated carbocycles. The van der Waals surface area contributed by atoms with E-state index in [1.165, 1.54) is 70.6 Å². The van der Waals surface area contributed by atoms with Crippen molar-refractivity contribution in [2.24, 2.45) is 62.6 Å². The van der Waals surface area contributed by atoms with Gasteiger partial charge in [0.1, 0.15) is 18.3 Å². The predicted octanol–water partition coefficient (Wildman–Crippen LogP) is 8.76. The Bertz CT molecular complexity index is 1100. The highest BCUT2D eigenvalue weighted by atomic mass is 16.8. The molecule has 1 unspecified atom stereocenters. The normalized spacial score (nSPS) is 55.3. The smallest absolute Gasteiger partial charge is 0.186 e. The van der Waals surface area contributed by atoms with Crippen LogP contribution in [0.5, 0.6) is 0 Å². The summed E-state index contributed by atoms with van der Waals surface area (Å²) >= 11 is 0. The van der Waals surface area contributed by atoms with Gasteiger partial charge in [0.05, 0.1) is 6.10 Å². The number of aliphatic hydroxyl groups excluding tert-OH is 1. The summed E-state index contributed by atoms with van der Waals surface area (Å²) in [5.74, 6) is 3.79. The highest BCUT2D eigenvalue weighted by Crippen LogP contribution is 2.78. The van der Waals surface area contributed by atoms with Crippen molar-refractivity contribution in [2.45, 2.75) is 176 Å². The first-order chi connectivity index (χ1) is 20.5. The SMILES string of the molecule is CO[C@@H]1O[C@H]([C@H](O)CC(C)[C@H]2CC[C@]3(C)[C@H]4CC[C@@H]5[C@@]6(C)CCCC(C)(C)[C@@H]6CC[C@@]5(C)[C@]4(C)CC[C@@H]23)[C@H]2OC(C)(C)O[C@@H]12. The van der Waals surface area contributed by atoms with Crippen molar-refractivity contribution >= 4 is 0 Å². The van der Waals surface area contributed by atoms with Crippen LogP contribution in [0.15, 0.2) is 0 Å². The summed E-state index contributed by atoms with van der Waals surface area (Å²) in [7, 11) is 1.65. The lowest BCUT2D eigenvalue weighted by Crippen LogP contribution is -2.65. The Morgan fingerprint density at radius 1 is 0.727 bits per heavy atom. The van der Waals surface area contributed by atoms with Crippen molar-refractivity contribution in [3.63, 3.8) is 0 Å². The lowest BCUT2D eigenvalue weighted by Gasteiger charge is -2.73. The van der Waals surface area contributed by atoms with Gasteiger partial charge in [0, 0.05) is 7.11 Å². The summed E-state index contributed by atoms with van der Waals surface area (Å²) in [6.07, 6.45) is 14.2. The second kappa shape index (κ2) is 10.4. The van der Waals surface area contributed by atoms with Gasteiger partial charge in [-0.05, 0) is 147 Å². The lowest BCUT2D eigenvalue weighted by atomic mass is 9.32. The lowest BCUT2D eigenvalue weighted by molar-refractivity contribution is -0.242. The van der Waals surface area contributed by atoms with Crippen LogP contribution in [-0.4, -0.2) is 48.7 Å². The number of fused-ring (bicyclic) bond motifs is 8. The van der Waals surface area contributed by atoms with E-state index in [0.29, 0.717) is 38.9 Å². The minimum absolute atomic E-state index is 0.288. The van der Waals surface area contributed by atoms with Crippen LogP contribution in [0.1, 0.15) is 139 Å². The fraction of sp³-hybridized carbons (Fsp3) is 1.00. The number of rotatable bonds is 5. The van der Waals surface area contributed by atoms with E-state index >= 15 is 0 Å². The second-order valence-corrected chi connectivity index (χ2v) is 19.4. The van der Waals surface area contributed by atoms with Crippen LogP contribution in [-0.2, 0) is 18.9 Å². The molecule has 2 aliphatic heterocycles. The van der Waals surface area contributed by atoms with Gasteiger partial charge in [0.25, 0.3) is 0 Å². The first-order valence-corrected chi connectivity index (χ1v) is 18.7. The van der Waals surface area contributed by atoms with Gasteiger partial charge >= 0.3 is 0 Å². The largest absolute Gasteiger partial charge is 0.390 e. The van der Waals surface area contributed by atoms with Crippen LogP contribution < -0.4 is 0 Å². The molecule has 252 valence electrons. The number of hydrogen-bond donors (Lipinski definition) is 1. The van der Waals surface area contributed by atoms with Crippen LogP contribution in [0.3, 0.4) is 0 Å². The molecule has 0 bridgehead atoms. The summed E-state index contributed by atoms with van der Waals surface area (Å²) in [5, 5.41) is 11.6. The molecule has 2 saturated heterocycles. The molecule has 0 amide bonds. The van der Waals surface area contributed by atoms with E-state index in [4.69, 9.17) is 18.9 Å². The average Bonchev–Trinajstić information content (AvgIpc) is 3.55. The maximum Gasteiger partial charge on any atom is 0.186 e. The fourth-order valence-corrected chi connectivity index (χ4v) is 14.8. The molecule has 7 fully saturated rings. The quantitative estimate of drug-likeness (QED) is 0.336. The average molecular weight is 615 g/mol. The van der Waals surface area contributed by atoms with E-state index in [1.54, 1.807) is 7.11 Å². The van der Waals surface area contributed by atoms with Gasteiger partial charge in [-0.15, -0.1) is 0 Å². The van der Waals surface area contributed by atoms with Crippen LogP contribution in [0, 0.1) is 62.6 Å². The van der Waals surface area contributed by atoms with Crippen LogP contribution in [0.4, 0.5) is 0 Å². The number of ether oxygens (including phenoxy) is 4. The van der Waals surface area contributed by atoms with E-state index in [9.17, 15) is 5.11 Å². The van der Waals surface area contributed by atoms with Gasteiger partial charge in [0.2, 0.25) is 0 Å². The summed E-state index contributed by atoms with van der Waals surface area (Å²) < 4.78 is 24.2. The topological polar surface area (TPSA) is 57.2 Å². The van der Waals surface area contributed by atoms with E-state index in [0.717, 1.165) is 30.1 Å². The molecule has 2 heterocycles. The Morgan fingerprint density at radius 3 is 2.05 bits per heavy atom. The third kappa shape index (κ3) is 4.40. The molecule has 0 aromatic rings. The molecule has 0 aromatic heterocycles. The number of hydrogen-bond acceptors (Lipinski definition) is 5. The molecule has 0 radical (unpaired) electrons. The highest BCUT2D eigenvalue weighted by molar-refractivity contribution is 5.19. The van der Waals surface area contributed by atoms with Gasteiger partial charge in [0.15, 0.2) is 12.1 Å². The molecular formula is C39H66O5. The monoisotopic (exact) mass is 614 g/mol. The molecule has 5 aliphatic carbocycles. The van der Waals surface area contributed by atoms with Crippen LogP contribution >= 0.6 is 0 Å². The Morgan fingerprint density at radius 2 is 1.36 bits per heavy atom. The fourth-order valence-electron chi connectivity index (χ4n) is 14.8. The van der Waals surface area contributed by atoms with Gasteiger partial charge in [-0.25, -0.2) is 0 Å². The zero-order valence-corrected chi connectivity index (χ0v) is 29.9. The van der Waals surface area contributed by atoms with Gasteiger partial charge in [-0.2, -0.15) is 0 Å². The summed E-state index contributed by atoms with van der Waals surface area (Å²) in [6, 6.07) is 0. The van der Waals surface area contributed by atoms with E-state index in [1.807, 2.05) is 13.8 Å². The Balaban J connectivity index is 1.08. The summed E-state index contributed by atoms with van der Waals surface area (Å²) in [6.45, 7) is 22.5. The zero-order chi connectivity index (χ0) is 31.7. The summed E-state index contributed by atoms with van der Waals surface area (Å²) in [4.78, 5) is 0. The van der Waals surface area contributed by atoms with Crippen molar-refractivity contribution < 1.29 is 24.1 Å². The van der Waals surface area contributed by atoms with Gasteiger partial charge in [-0.3, -0.25) is 0 Å². The highest BCUT2D eigenvalue weighted by Gasteiger charge is 2.70. The minimum atomic E-state index is -0.680. The first-order valence-electron chi connectivity index (χ1n) is 18.7. The standard InChI is InChI=1S/C39H66O5/c1-23(22-26(40)30-31-32(33(41-10)42-30)44-35(4,5)43-31)24-14-19-36(6)25(24)15-20-38(8)28(36)12-13-29-37(7)18-11-17-34(2,3)27(37)16-21-39(29,38)9/h23-33,40H,11-22H2,1-10H3/t23?,24-,25+,26-,27+,28-,29-,30-,31-,32-,33-,36+,37+,38-,39-/m1/s1. The maximum absolute atomic E-state index is 11.6. The van der Waals surface area contributed by atoms with Crippen molar-refractivity contribution in [1.82, 2.24) is 0 Å². The second-order valence-electron chi connectivity index (χ2n) is 19.4. The van der Waals surface area contributed by atoms with Gasteiger partial charge < -0.3 is 24.1 Å². The molecule has 15 atom stereocenters. The number of aliphatic hydroxyl groups is 1. The molecule has 5 nitrogen and oxygen atoms in total. The molecule has 1 N–H and O–H groups in total. The predicted molar refractivity (Wildman–Crippen MR) is 174 cm³/mol. The third-order valence-corrected chi connectivity index (χ3v) is 16.8. The Kier molecular flexibility index (Phi) is 7.65. The summed E-state index contributed by atoms with van der Waals surface area (Å²) in [5.41, 5.74) is 2.31. The third-order valence-electron chi connectivity index (χ3n) is 16.8. The molecule has 7 rings (SSSR count). The molecule has 0 aromatic carbocycles. The van der Waals surface area contributed by atoms with E-state index in [-0.39, 0.29) is 12.2 Å². The van der Waals surface area contributed by atoms with E-state index in [2.05, 4.69) is 48.5 Å². The van der Waals surface area contributed by atoms with E-state index < -0.39 is 24.3 Å². The van der Waals surface area contributed by atoms with Crippen molar-refractivity contribution in [3.05, 3.63) is 0 Å². The van der Waals surface area contributed by atoms with Gasteiger partial charge in [-0.1, -0.05) is 54.9 Å². The molecule has 0 spiro atoms. The van der Waals surface area contributed by atoms with Crippen molar-refractivity contribution in [3.8, 4) is 0 Å². The minimum Gasteiger partial charge on any atom is -0.390 e.